The van der Waals surface area contributed by atoms with Crippen LogP contribution in [0.3, 0.4) is 0 Å². The first kappa shape index (κ1) is 27.1. The van der Waals surface area contributed by atoms with Crippen LogP contribution in [0.1, 0.15) is 48.6 Å². The monoisotopic (exact) mass is 532 g/mol. The standard InChI is InChI=1S/C21H21ClF4N6O4/c1-9(2)31-14(8-33)30-32(20(31)35)17-13(23)7-12(19(29-17)36-11(4)21(24,25)26)18(34)28-15-10(3)5-6-27-16(15)22/h5-7,9,11,33H,8H2,1-4H3,(H,28,34)/t11-/m0/s1. The average molecular weight is 533 g/mol. The van der Waals surface area contributed by atoms with Crippen molar-refractivity contribution in [3.8, 4) is 11.7 Å². The van der Waals surface area contributed by atoms with E-state index in [1.165, 1.54) is 12.3 Å². The van der Waals surface area contributed by atoms with Crippen molar-refractivity contribution in [1.29, 1.82) is 0 Å². The number of pyridine rings is 2. The van der Waals surface area contributed by atoms with Crippen molar-refractivity contribution >= 4 is 23.2 Å². The second-order valence-corrected chi connectivity index (χ2v) is 8.29. The highest BCUT2D eigenvalue weighted by Gasteiger charge is 2.39. The van der Waals surface area contributed by atoms with E-state index in [0.717, 1.165) is 4.57 Å². The predicted octanol–water partition coefficient (Wildman–Crippen LogP) is 3.58. The average Bonchev–Trinajstić information content (AvgIpc) is 3.12. The molecule has 0 unspecified atom stereocenters. The van der Waals surface area contributed by atoms with Gasteiger partial charge in [-0.05, 0) is 45.4 Å². The zero-order chi connectivity index (χ0) is 26.9. The van der Waals surface area contributed by atoms with Crippen LogP contribution >= 0.6 is 11.6 Å². The predicted molar refractivity (Wildman–Crippen MR) is 120 cm³/mol. The molecular weight excluding hydrogens is 512 g/mol. The second kappa shape index (κ2) is 10.2. The Kier molecular flexibility index (Phi) is 7.69. The highest BCUT2D eigenvalue weighted by atomic mass is 35.5. The number of aromatic nitrogens is 5. The van der Waals surface area contributed by atoms with E-state index in [4.69, 9.17) is 16.3 Å². The van der Waals surface area contributed by atoms with Crippen LogP contribution in [0.4, 0.5) is 23.2 Å². The molecule has 0 aliphatic carbocycles. The van der Waals surface area contributed by atoms with E-state index in [2.05, 4.69) is 20.4 Å². The minimum Gasteiger partial charge on any atom is -0.464 e. The number of aryl methyl sites for hydroxylation is 1. The number of ether oxygens (including phenoxy) is 1. The number of amides is 1. The lowest BCUT2D eigenvalue weighted by Crippen LogP contribution is -2.33. The normalized spacial score (nSPS) is 12.6. The number of aliphatic hydroxyl groups is 1. The van der Waals surface area contributed by atoms with E-state index < -0.39 is 59.6 Å². The highest BCUT2D eigenvalue weighted by molar-refractivity contribution is 6.32. The Morgan fingerprint density at radius 2 is 1.97 bits per heavy atom. The first-order chi connectivity index (χ1) is 16.8. The third kappa shape index (κ3) is 5.33. The fourth-order valence-corrected chi connectivity index (χ4v) is 3.39. The van der Waals surface area contributed by atoms with Gasteiger partial charge in [0.25, 0.3) is 5.91 Å². The topological polar surface area (TPSA) is 124 Å². The quantitative estimate of drug-likeness (QED) is 0.352. The van der Waals surface area contributed by atoms with Crippen molar-refractivity contribution in [3.05, 3.63) is 56.7 Å². The van der Waals surface area contributed by atoms with Gasteiger partial charge in [-0.25, -0.2) is 14.2 Å². The summed E-state index contributed by atoms with van der Waals surface area (Å²) in [6.45, 7) is 4.79. The van der Waals surface area contributed by atoms with Gasteiger partial charge < -0.3 is 15.2 Å². The Hall–Kier alpha value is -3.52. The van der Waals surface area contributed by atoms with E-state index in [0.29, 0.717) is 23.2 Å². The van der Waals surface area contributed by atoms with Gasteiger partial charge in [0.1, 0.15) is 12.2 Å². The molecule has 10 nitrogen and oxygen atoms in total. The largest absolute Gasteiger partial charge is 0.464 e. The maximum absolute atomic E-state index is 15.1. The molecule has 3 aromatic rings. The zero-order valence-electron chi connectivity index (χ0n) is 19.4. The van der Waals surface area contributed by atoms with Crippen molar-refractivity contribution in [2.45, 2.75) is 52.6 Å². The third-order valence-electron chi connectivity index (χ3n) is 5.01. The van der Waals surface area contributed by atoms with Gasteiger partial charge >= 0.3 is 11.9 Å². The number of anilines is 1. The Morgan fingerprint density at radius 1 is 1.31 bits per heavy atom. The molecular formula is C21H21ClF4N6O4. The second-order valence-electron chi connectivity index (χ2n) is 7.93. The number of nitrogens with one attached hydrogen (secondary N) is 1. The van der Waals surface area contributed by atoms with Gasteiger partial charge in [0.2, 0.25) is 5.88 Å². The van der Waals surface area contributed by atoms with Crippen molar-refractivity contribution < 1.29 is 32.2 Å². The number of hydrogen-bond acceptors (Lipinski definition) is 7. The van der Waals surface area contributed by atoms with Gasteiger partial charge in [-0.15, -0.1) is 5.10 Å². The molecule has 0 aliphatic heterocycles. The van der Waals surface area contributed by atoms with Crippen LogP contribution in [0.2, 0.25) is 5.15 Å². The Balaban J connectivity index is 2.17. The van der Waals surface area contributed by atoms with Gasteiger partial charge in [-0.3, -0.25) is 9.36 Å². The zero-order valence-corrected chi connectivity index (χ0v) is 20.1. The van der Waals surface area contributed by atoms with Crippen LogP contribution in [0.5, 0.6) is 5.88 Å². The van der Waals surface area contributed by atoms with Crippen LogP contribution in [0.25, 0.3) is 5.82 Å². The molecule has 3 heterocycles. The first-order valence-electron chi connectivity index (χ1n) is 10.4. The summed E-state index contributed by atoms with van der Waals surface area (Å²) in [6, 6.07) is 1.59. The van der Waals surface area contributed by atoms with Crippen LogP contribution in [-0.4, -0.2) is 47.6 Å². The van der Waals surface area contributed by atoms with Gasteiger partial charge in [-0.2, -0.15) is 22.8 Å². The van der Waals surface area contributed by atoms with Crippen molar-refractivity contribution in [1.82, 2.24) is 24.3 Å². The molecule has 36 heavy (non-hydrogen) atoms. The number of halogens is 5. The van der Waals surface area contributed by atoms with Crippen molar-refractivity contribution in [2.24, 2.45) is 0 Å². The molecule has 1 atom stereocenters. The Bertz CT molecular complexity index is 1340. The lowest BCUT2D eigenvalue weighted by molar-refractivity contribution is -0.190. The van der Waals surface area contributed by atoms with Crippen LogP contribution in [0.15, 0.2) is 23.1 Å². The fourth-order valence-electron chi connectivity index (χ4n) is 3.14. The SMILES string of the molecule is Cc1ccnc(Cl)c1NC(=O)c1cc(F)c(-n2nc(CO)n(C(C)C)c2=O)nc1O[C@@H](C)C(F)(F)F. The molecule has 3 rings (SSSR count). The summed E-state index contributed by atoms with van der Waals surface area (Å²) in [5.74, 6) is -4.23. The number of carbonyl (C=O) groups excluding carboxylic acids is 1. The first-order valence-corrected chi connectivity index (χ1v) is 10.8. The molecule has 2 N–H and O–H groups in total. The number of hydrogen-bond donors (Lipinski definition) is 2. The Morgan fingerprint density at radius 3 is 2.50 bits per heavy atom. The lowest BCUT2D eigenvalue weighted by atomic mass is 10.2. The van der Waals surface area contributed by atoms with E-state index in [1.54, 1.807) is 20.8 Å². The maximum Gasteiger partial charge on any atom is 0.425 e. The van der Waals surface area contributed by atoms with Crippen molar-refractivity contribution in [2.75, 3.05) is 5.32 Å². The van der Waals surface area contributed by atoms with Gasteiger partial charge in [-0.1, -0.05) is 11.6 Å². The molecule has 0 radical (unpaired) electrons. The summed E-state index contributed by atoms with van der Waals surface area (Å²) >= 11 is 5.99. The smallest absolute Gasteiger partial charge is 0.425 e. The molecule has 0 saturated carbocycles. The highest BCUT2D eigenvalue weighted by Crippen LogP contribution is 2.30. The maximum atomic E-state index is 15.1. The minimum atomic E-state index is -4.85. The number of rotatable bonds is 7. The van der Waals surface area contributed by atoms with E-state index >= 15 is 4.39 Å². The fraction of sp³-hybridized carbons (Fsp3) is 0.381. The number of alkyl halides is 3. The van der Waals surface area contributed by atoms with E-state index in [-0.39, 0.29) is 16.7 Å². The van der Waals surface area contributed by atoms with E-state index in [9.17, 15) is 27.9 Å². The summed E-state index contributed by atoms with van der Waals surface area (Å²) in [5.41, 5.74) is -1.10. The summed E-state index contributed by atoms with van der Waals surface area (Å²) in [4.78, 5) is 33.3. The summed E-state index contributed by atoms with van der Waals surface area (Å²) < 4.78 is 61.2. The molecule has 0 fully saturated rings. The van der Waals surface area contributed by atoms with E-state index in [1.807, 2.05) is 0 Å². The van der Waals surface area contributed by atoms with Crippen molar-refractivity contribution in [3.63, 3.8) is 0 Å². The molecule has 15 heteroatoms. The molecule has 194 valence electrons. The molecule has 0 bridgehead atoms. The third-order valence-corrected chi connectivity index (χ3v) is 5.29. The lowest BCUT2D eigenvalue weighted by Gasteiger charge is -2.19. The summed E-state index contributed by atoms with van der Waals surface area (Å²) in [7, 11) is 0. The van der Waals surface area contributed by atoms with Gasteiger partial charge in [0.05, 0.1) is 5.69 Å². The van der Waals surface area contributed by atoms with Crippen LogP contribution < -0.4 is 15.7 Å². The van der Waals surface area contributed by atoms with Crippen LogP contribution in [0, 0.1) is 12.7 Å². The molecule has 1 amide bonds. The van der Waals surface area contributed by atoms with Gasteiger partial charge in [0, 0.05) is 12.2 Å². The molecule has 3 aromatic heterocycles. The molecule has 0 spiro atoms. The summed E-state index contributed by atoms with van der Waals surface area (Å²) in [5, 5.41) is 15.6. The number of carbonyl (C=O) groups is 1. The number of nitrogens with zero attached hydrogens (tertiary/aromatic N) is 5. The molecule has 0 aromatic carbocycles. The summed E-state index contributed by atoms with van der Waals surface area (Å²) in [6.07, 6.45) is -5.93. The Labute approximate surface area is 206 Å². The van der Waals surface area contributed by atoms with Crippen LogP contribution in [-0.2, 0) is 6.61 Å². The molecule has 0 aliphatic rings. The van der Waals surface area contributed by atoms with Gasteiger partial charge in [0.15, 0.2) is 28.7 Å². The molecule has 0 saturated heterocycles. The number of aliphatic hydroxyl groups excluding tert-OH is 1. The minimum absolute atomic E-state index is 0.0444.